The van der Waals surface area contributed by atoms with Gasteiger partial charge < -0.3 is 11.1 Å². The van der Waals surface area contributed by atoms with Crippen LogP contribution in [0.15, 0.2) is 0 Å². The average molecular weight is 114 g/mol. The molecule has 3 nitrogen and oxygen atoms in total. The minimum atomic E-state index is 0.378. The number of nitrogens with two attached hydrogens (primary N) is 1. The number of hydrogen-bond donors (Lipinski definition) is 2. The zero-order valence-corrected chi connectivity index (χ0v) is 4.93. The molecule has 1 aliphatic rings. The van der Waals surface area contributed by atoms with Crippen molar-refractivity contribution in [2.24, 2.45) is 5.73 Å². The van der Waals surface area contributed by atoms with Gasteiger partial charge >= 0.3 is 0 Å². The highest BCUT2D eigenvalue weighted by atomic mass is 15.1. The molecule has 0 aromatic carbocycles. The van der Waals surface area contributed by atoms with E-state index in [1.54, 1.807) is 0 Å². The molecule has 1 atom stereocenters. The lowest BCUT2D eigenvalue weighted by Gasteiger charge is -2.20. The smallest absolute Gasteiger partial charge is 0.0493 e. The first-order valence-electron chi connectivity index (χ1n) is 3.01. The van der Waals surface area contributed by atoms with E-state index in [-0.39, 0.29) is 0 Å². The molecule has 1 unspecified atom stereocenters. The molecule has 3 heteroatoms. The molecular formula is C5H12N3. The number of nitrogens with one attached hydrogen (secondary N) is 1. The van der Waals surface area contributed by atoms with Crippen LogP contribution in [0.5, 0.6) is 0 Å². The summed E-state index contributed by atoms with van der Waals surface area (Å²) in [5.41, 5.74) is 5.37. The van der Waals surface area contributed by atoms with Gasteiger partial charge in [0.05, 0.1) is 0 Å². The summed E-state index contributed by atoms with van der Waals surface area (Å²) >= 11 is 0. The number of hydrogen-bond acceptors (Lipinski definition) is 2. The second-order valence-corrected chi connectivity index (χ2v) is 2.00. The lowest BCUT2D eigenvalue weighted by molar-refractivity contribution is 0.416. The molecule has 1 heterocycles. The van der Waals surface area contributed by atoms with Gasteiger partial charge in [0, 0.05) is 32.2 Å². The van der Waals surface area contributed by atoms with Crippen molar-refractivity contribution in [2.45, 2.75) is 6.04 Å². The highest BCUT2D eigenvalue weighted by Gasteiger charge is 2.09. The quantitative estimate of drug-likeness (QED) is 0.437. The second-order valence-electron chi connectivity index (χ2n) is 2.00. The van der Waals surface area contributed by atoms with Gasteiger partial charge in [0.15, 0.2) is 0 Å². The summed E-state index contributed by atoms with van der Waals surface area (Å²) in [7, 11) is 0. The first kappa shape index (κ1) is 6.01. The third-order valence-electron chi connectivity index (χ3n) is 1.33. The topological polar surface area (TPSA) is 52.1 Å². The fourth-order valence-electron chi connectivity index (χ4n) is 0.817. The Bertz CT molecular complexity index is 58.7. The van der Waals surface area contributed by atoms with Gasteiger partial charge in [-0.05, 0) is 0 Å². The van der Waals surface area contributed by atoms with E-state index >= 15 is 0 Å². The van der Waals surface area contributed by atoms with Crippen LogP contribution in [0.1, 0.15) is 0 Å². The van der Waals surface area contributed by atoms with E-state index in [1.165, 1.54) is 0 Å². The molecule has 1 radical (unpaired) electrons. The fraction of sp³-hybridized carbons (Fsp3) is 1.00. The summed E-state index contributed by atoms with van der Waals surface area (Å²) in [6, 6.07) is 0.378. The zero-order chi connectivity index (χ0) is 5.82. The van der Waals surface area contributed by atoms with E-state index in [0.29, 0.717) is 12.6 Å². The Morgan fingerprint density at radius 2 is 2.62 bits per heavy atom. The first-order valence-corrected chi connectivity index (χ1v) is 3.01. The van der Waals surface area contributed by atoms with Gasteiger partial charge in [-0.15, -0.1) is 0 Å². The summed E-state index contributed by atoms with van der Waals surface area (Å²) in [6.07, 6.45) is 0. The normalized spacial score (nSPS) is 30.4. The Balaban J connectivity index is 2.13. The molecule has 8 heavy (non-hydrogen) atoms. The van der Waals surface area contributed by atoms with Crippen LogP contribution in [-0.4, -0.2) is 32.2 Å². The maximum atomic E-state index is 5.37. The van der Waals surface area contributed by atoms with Crippen LogP contribution in [0.25, 0.3) is 0 Å². The molecule has 1 saturated heterocycles. The highest BCUT2D eigenvalue weighted by Crippen LogP contribution is 1.83. The number of piperazine rings is 1. The van der Waals surface area contributed by atoms with Crippen LogP contribution >= 0.6 is 0 Å². The van der Waals surface area contributed by atoms with Gasteiger partial charge in [0.2, 0.25) is 0 Å². The Morgan fingerprint density at radius 3 is 3.00 bits per heavy atom. The predicted molar refractivity (Wildman–Crippen MR) is 32.7 cm³/mol. The van der Waals surface area contributed by atoms with Crippen LogP contribution in [0.2, 0.25) is 0 Å². The van der Waals surface area contributed by atoms with Crippen molar-refractivity contribution in [1.29, 1.82) is 0 Å². The van der Waals surface area contributed by atoms with Gasteiger partial charge in [-0.2, -0.15) is 0 Å². The second kappa shape index (κ2) is 3.02. The molecule has 0 amide bonds. The third kappa shape index (κ3) is 1.43. The molecule has 47 valence electrons. The maximum absolute atomic E-state index is 5.37. The molecular weight excluding hydrogens is 102 g/mol. The van der Waals surface area contributed by atoms with E-state index in [2.05, 4.69) is 10.6 Å². The van der Waals surface area contributed by atoms with Gasteiger partial charge in [0.25, 0.3) is 0 Å². The summed E-state index contributed by atoms with van der Waals surface area (Å²) in [5.74, 6) is 0. The van der Waals surface area contributed by atoms with Crippen LogP contribution in [0.4, 0.5) is 0 Å². The van der Waals surface area contributed by atoms with Gasteiger partial charge in [-0.25, -0.2) is 5.32 Å². The first-order chi connectivity index (χ1) is 3.93. The van der Waals surface area contributed by atoms with Gasteiger partial charge in [-0.3, -0.25) is 0 Å². The summed E-state index contributed by atoms with van der Waals surface area (Å²) in [5, 5.41) is 7.47. The highest BCUT2D eigenvalue weighted by molar-refractivity contribution is 4.74. The van der Waals surface area contributed by atoms with E-state index in [0.717, 1.165) is 19.6 Å². The molecule has 0 spiro atoms. The van der Waals surface area contributed by atoms with Crippen molar-refractivity contribution in [3.8, 4) is 0 Å². The average Bonchev–Trinajstić information content (AvgIpc) is 1.90. The molecule has 3 N–H and O–H groups in total. The van der Waals surface area contributed by atoms with Crippen LogP contribution < -0.4 is 16.4 Å². The van der Waals surface area contributed by atoms with Crippen molar-refractivity contribution in [3.63, 3.8) is 0 Å². The summed E-state index contributed by atoms with van der Waals surface area (Å²) in [6.45, 7) is 3.61. The van der Waals surface area contributed by atoms with Crippen LogP contribution in [-0.2, 0) is 0 Å². The predicted octanol–water partition coefficient (Wildman–Crippen LogP) is -1.48. The maximum Gasteiger partial charge on any atom is 0.0493 e. The standard InChI is InChI=1S/C5H12N3/c6-3-5-4-7-1-2-8-5/h5,7H,1-4,6H2. The zero-order valence-electron chi connectivity index (χ0n) is 4.93. The minimum absolute atomic E-state index is 0.378. The van der Waals surface area contributed by atoms with Crippen molar-refractivity contribution in [2.75, 3.05) is 26.2 Å². The molecule has 0 aromatic rings. The minimum Gasteiger partial charge on any atom is -0.329 e. The largest absolute Gasteiger partial charge is 0.329 e. The van der Waals surface area contributed by atoms with Crippen molar-refractivity contribution >= 4 is 0 Å². The Kier molecular flexibility index (Phi) is 2.27. The fourth-order valence-corrected chi connectivity index (χ4v) is 0.817. The van der Waals surface area contributed by atoms with E-state index in [9.17, 15) is 0 Å². The Labute approximate surface area is 49.6 Å². The number of rotatable bonds is 1. The SMILES string of the molecule is NCC1CNCC[N]1. The van der Waals surface area contributed by atoms with Crippen LogP contribution in [0, 0.1) is 0 Å². The monoisotopic (exact) mass is 114 g/mol. The van der Waals surface area contributed by atoms with E-state index in [1.807, 2.05) is 0 Å². The lowest BCUT2D eigenvalue weighted by Crippen LogP contribution is -2.47. The van der Waals surface area contributed by atoms with Gasteiger partial charge in [0.1, 0.15) is 0 Å². The summed E-state index contributed by atoms with van der Waals surface area (Å²) in [4.78, 5) is 0. The Hall–Kier alpha value is -0.120. The molecule has 0 aromatic heterocycles. The molecule has 1 fully saturated rings. The van der Waals surface area contributed by atoms with Crippen molar-refractivity contribution < 1.29 is 0 Å². The molecule has 1 aliphatic heterocycles. The lowest BCUT2D eigenvalue weighted by atomic mass is 10.2. The van der Waals surface area contributed by atoms with Gasteiger partial charge in [-0.1, -0.05) is 0 Å². The summed E-state index contributed by atoms with van der Waals surface area (Å²) < 4.78 is 0. The molecule has 1 rings (SSSR count). The third-order valence-corrected chi connectivity index (χ3v) is 1.33. The molecule has 0 aliphatic carbocycles. The van der Waals surface area contributed by atoms with E-state index in [4.69, 9.17) is 5.73 Å². The molecule has 0 bridgehead atoms. The molecule has 0 saturated carbocycles. The van der Waals surface area contributed by atoms with Crippen molar-refractivity contribution in [1.82, 2.24) is 10.6 Å². The van der Waals surface area contributed by atoms with Crippen molar-refractivity contribution in [3.05, 3.63) is 0 Å². The number of nitrogens with zero attached hydrogens (tertiary/aromatic N) is 1. The Morgan fingerprint density at radius 1 is 1.75 bits per heavy atom. The van der Waals surface area contributed by atoms with E-state index < -0.39 is 0 Å². The van der Waals surface area contributed by atoms with Crippen LogP contribution in [0.3, 0.4) is 0 Å².